The Kier molecular flexibility index (Phi) is 3.55. The predicted molar refractivity (Wildman–Crippen MR) is 56.1 cm³/mol. The van der Waals surface area contributed by atoms with E-state index < -0.39 is 6.10 Å². The molecule has 0 aliphatic carbocycles. The molecule has 0 aromatic heterocycles. The topological polar surface area (TPSA) is 29.5 Å². The Hall–Kier alpha value is -1.46. The number of rotatable bonds is 3. The van der Waals surface area contributed by atoms with Crippen LogP contribution in [-0.2, 0) is 0 Å². The minimum absolute atomic E-state index is 0.305. The molecular weight excluding hydrogens is 176 g/mol. The second-order valence-electron chi connectivity index (χ2n) is 3.17. The van der Waals surface area contributed by atoms with Gasteiger partial charge in [0.25, 0.3) is 0 Å². The van der Waals surface area contributed by atoms with Crippen molar-refractivity contribution < 1.29 is 9.84 Å². The summed E-state index contributed by atoms with van der Waals surface area (Å²) in [5.41, 5.74) is 1.84. The molecule has 1 aromatic rings. The summed E-state index contributed by atoms with van der Waals surface area (Å²) in [6.07, 6.45) is 4.81. The molecule has 0 fully saturated rings. The Balaban J connectivity index is 3.04. The number of ether oxygens (including phenoxy) is 1. The zero-order valence-electron chi connectivity index (χ0n) is 8.45. The molecule has 2 nitrogen and oxygen atoms in total. The van der Waals surface area contributed by atoms with Crippen molar-refractivity contribution in [2.75, 3.05) is 7.11 Å². The molecule has 1 rings (SSSR count). The Bertz CT molecular complexity index is 350. The van der Waals surface area contributed by atoms with E-state index in [2.05, 4.69) is 5.92 Å². The van der Waals surface area contributed by atoms with E-state index in [9.17, 15) is 5.11 Å². The maximum Gasteiger partial charge on any atom is 0.124 e. The van der Waals surface area contributed by atoms with Crippen molar-refractivity contribution in [2.24, 2.45) is 0 Å². The zero-order valence-corrected chi connectivity index (χ0v) is 8.45. The van der Waals surface area contributed by atoms with Crippen molar-refractivity contribution in [1.82, 2.24) is 0 Å². The summed E-state index contributed by atoms with van der Waals surface area (Å²) in [5, 5.41) is 9.73. The highest BCUT2D eigenvalue weighted by Crippen LogP contribution is 2.27. The van der Waals surface area contributed by atoms with Crippen LogP contribution in [0.1, 0.15) is 23.7 Å². The normalized spacial score (nSPS) is 11.9. The highest BCUT2D eigenvalue weighted by atomic mass is 16.5. The van der Waals surface area contributed by atoms with Gasteiger partial charge in [-0.3, -0.25) is 0 Å². The lowest BCUT2D eigenvalue weighted by Crippen LogP contribution is -2.00. The fourth-order valence-corrected chi connectivity index (χ4v) is 1.34. The van der Waals surface area contributed by atoms with Gasteiger partial charge >= 0.3 is 0 Å². The second-order valence-corrected chi connectivity index (χ2v) is 3.17. The van der Waals surface area contributed by atoms with Crippen LogP contribution in [0.15, 0.2) is 18.2 Å². The van der Waals surface area contributed by atoms with Crippen LogP contribution in [0.2, 0.25) is 0 Å². The molecule has 0 bridgehead atoms. The van der Waals surface area contributed by atoms with E-state index in [1.165, 1.54) is 0 Å². The number of terminal acetylenes is 1. The smallest absolute Gasteiger partial charge is 0.124 e. The van der Waals surface area contributed by atoms with Crippen LogP contribution < -0.4 is 4.74 Å². The minimum Gasteiger partial charge on any atom is -0.496 e. The number of benzene rings is 1. The summed E-state index contributed by atoms with van der Waals surface area (Å²) in [4.78, 5) is 0. The summed E-state index contributed by atoms with van der Waals surface area (Å²) in [6, 6.07) is 5.66. The summed E-state index contributed by atoms with van der Waals surface area (Å²) in [7, 11) is 1.58. The Morgan fingerprint density at radius 2 is 2.29 bits per heavy atom. The van der Waals surface area contributed by atoms with Crippen LogP contribution in [0.25, 0.3) is 0 Å². The maximum atomic E-state index is 9.73. The van der Waals surface area contributed by atoms with Gasteiger partial charge < -0.3 is 9.84 Å². The number of aliphatic hydroxyl groups excluding tert-OH is 1. The monoisotopic (exact) mass is 190 g/mol. The van der Waals surface area contributed by atoms with E-state index in [-0.39, 0.29) is 0 Å². The van der Waals surface area contributed by atoms with E-state index in [1.807, 2.05) is 25.1 Å². The number of aliphatic hydroxyl groups is 1. The van der Waals surface area contributed by atoms with Crippen molar-refractivity contribution in [3.05, 3.63) is 29.3 Å². The lowest BCUT2D eigenvalue weighted by atomic mass is 10.0. The van der Waals surface area contributed by atoms with Gasteiger partial charge in [-0.1, -0.05) is 11.6 Å². The van der Waals surface area contributed by atoms with E-state index in [4.69, 9.17) is 11.2 Å². The summed E-state index contributed by atoms with van der Waals surface area (Å²) < 4.78 is 5.14. The molecule has 2 heteroatoms. The van der Waals surface area contributed by atoms with Crippen molar-refractivity contribution in [1.29, 1.82) is 0 Å². The molecular formula is C12H14O2. The van der Waals surface area contributed by atoms with Crippen molar-refractivity contribution in [3.63, 3.8) is 0 Å². The van der Waals surface area contributed by atoms with E-state index >= 15 is 0 Å². The molecule has 1 atom stereocenters. The SMILES string of the molecule is C#CCC(O)c1cc(C)ccc1OC. The standard InChI is InChI=1S/C12H14O2/c1-4-5-11(13)10-8-9(2)6-7-12(10)14-3/h1,6-8,11,13H,5H2,2-3H3. The molecule has 74 valence electrons. The molecule has 14 heavy (non-hydrogen) atoms. The summed E-state index contributed by atoms with van der Waals surface area (Å²) in [5.74, 6) is 3.11. The molecule has 0 saturated heterocycles. The zero-order chi connectivity index (χ0) is 10.6. The molecule has 1 N–H and O–H groups in total. The Labute approximate surface area is 84.5 Å². The maximum absolute atomic E-state index is 9.73. The molecule has 1 unspecified atom stereocenters. The van der Waals surface area contributed by atoms with Crippen LogP contribution in [0, 0.1) is 19.3 Å². The van der Waals surface area contributed by atoms with Crippen molar-refractivity contribution in [3.8, 4) is 18.1 Å². The van der Waals surface area contributed by atoms with E-state index in [0.717, 1.165) is 11.1 Å². The van der Waals surface area contributed by atoms with Crippen LogP contribution in [0.5, 0.6) is 5.75 Å². The van der Waals surface area contributed by atoms with E-state index in [1.54, 1.807) is 7.11 Å². The fraction of sp³-hybridized carbons (Fsp3) is 0.333. The lowest BCUT2D eigenvalue weighted by molar-refractivity contribution is 0.179. The highest BCUT2D eigenvalue weighted by molar-refractivity contribution is 5.38. The predicted octanol–water partition coefficient (Wildman–Crippen LogP) is 2.06. The van der Waals surface area contributed by atoms with Crippen LogP contribution in [-0.4, -0.2) is 12.2 Å². The molecule has 0 amide bonds. The third-order valence-electron chi connectivity index (χ3n) is 2.06. The molecule has 0 radical (unpaired) electrons. The third-order valence-corrected chi connectivity index (χ3v) is 2.06. The molecule has 0 aliphatic heterocycles. The van der Waals surface area contributed by atoms with Crippen LogP contribution in [0.4, 0.5) is 0 Å². The molecule has 0 aliphatic rings. The molecule has 0 saturated carbocycles. The first-order chi connectivity index (χ1) is 6.69. The van der Waals surface area contributed by atoms with Gasteiger partial charge in [-0.2, -0.15) is 0 Å². The van der Waals surface area contributed by atoms with Gasteiger partial charge in [0, 0.05) is 12.0 Å². The van der Waals surface area contributed by atoms with Crippen LogP contribution >= 0.6 is 0 Å². The van der Waals surface area contributed by atoms with Crippen LogP contribution in [0.3, 0.4) is 0 Å². The largest absolute Gasteiger partial charge is 0.496 e. The Morgan fingerprint density at radius 3 is 2.86 bits per heavy atom. The van der Waals surface area contributed by atoms with Gasteiger partial charge in [0.15, 0.2) is 0 Å². The summed E-state index contributed by atoms with van der Waals surface area (Å²) >= 11 is 0. The first-order valence-corrected chi connectivity index (χ1v) is 4.45. The van der Waals surface area contributed by atoms with Gasteiger partial charge in [-0.15, -0.1) is 12.3 Å². The second kappa shape index (κ2) is 4.69. The van der Waals surface area contributed by atoms with Crippen molar-refractivity contribution in [2.45, 2.75) is 19.4 Å². The minimum atomic E-state index is -0.644. The molecule has 0 heterocycles. The lowest BCUT2D eigenvalue weighted by Gasteiger charge is -2.13. The number of methoxy groups -OCH3 is 1. The van der Waals surface area contributed by atoms with Gasteiger partial charge in [-0.05, 0) is 19.1 Å². The van der Waals surface area contributed by atoms with Gasteiger partial charge in [0.1, 0.15) is 5.75 Å². The first-order valence-electron chi connectivity index (χ1n) is 4.45. The van der Waals surface area contributed by atoms with E-state index in [0.29, 0.717) is 12.2 Å². The van der Waals surface area contributed by atoms with Crippen molar-refractivity contribution >= 4 is 0 Å². The number of hydrogen-bond donors (Lipinski definition) is 1. The van der Waals surface area contributed by atoms with Gasteiger partial charge in [0.2, 0.25) is 0 Å². The molecule has 1 aromatic carbocycles. The third kappa shape index (κ3) is 2.27. The average molecular weight is 190 g/mol. The number of aryl methyl sites for hydroxylation is 1. The summed E-state index contributed by atoms with van der Waals surface area (Å²) in [6.45, 7) is 1.96. The first kappa shape index (κ1) is 10.6. The highest BCUT2D eigenvalue weighted by Gasteiger charge is 2.11. The fourth-order valence-electron chi connectivity index (χ4n) is 1.34. The Morgan fingerprint density at radius 1 is 1.57 bits per heavy atom. The van der Waals surface area contributed by atoms with Gasteiger partial charge in [-0.25, -0.2) is 0 Å². The molecule has 0 spiro atoms. The number of hydrogen-bond acceptors (Lipinski definition) is 2. The quantitative estimate of drug-likeness (QED) is 0.739. The van der Waals surface area contributed by atoms with Gasteiger partial charge in [0.05, 0.1) is 13.2 Å². The average Bonchev–Trinajstić information content (AvgIpc) is 2.18.